The first-order chi connectivity index (χ1) is 11.7. The molecule has 3 rings (SSSR count). The number of ether oxygens (including phenoxy) is 1. The highest BCUT2D eigenvalue weighted by molar-refractivity contribution is 14.0. The maximum absolute atomic E-state index is 5.47. The Morgan fingerprint density at radius 3 is 2.92 bits per heavy atom. The number of rotatable bonds is 5. The quantitative estimate of drug-likeness (QED) is 0.413. The molecule has 138 valence electrons. The predicted octanol–water partition coefficient (Wildman–Crippen LogP) is 3.18. The molecule has 0 spiro atoms. The van der Waals surface area contributed by atoms with Crippen molar-refractivity contribution in [3.63, 3.8) is 0 Å². The lowest BCUT2D eigenvalue weighted by Gasteiger charge is -2.24. The number of fused-ring (bicyclic) bond motifs is 1. The van der Waals surface area contributed by atoms with Crippen LogP contribution in [0.2, 0.25) is 0 Å². The third-order valence-electron chi connectivity index (χ3n) is 4.81. The lowest BCUT2D eigenvalue weighted by molar-refractivity contribution is 0.181. The van der Waals surface area contributed by atoms with Crippen LogP contribution in [0.25, 0.3) is 10.9 Å². The second-order valence-electron chi connectivity index (χ2n) is 6.61. The number of aromatic nitrogens is 1. The minimum atomic E-state index is 0. The van der Waals surface area contributed by atoms with E-state index in [1.54, 1.807) is 0 Å². The molecule has 1 saturated heterocycles. The Bertz CT molecular complexity index is 707. The van der Waals surface area contributed by atoms with Gasteiger partial charge in [0.2, 0.25) is 0 Å². The minimum absolute atomic E-state index is 0. The Kier molecular flexibility index (Phi) is 7.56. The normalized spacial score (nSPS) is 17.6. The van der Waals surface area contributed by atoms with Crippen molar-refractivity contribution in [3.05, 3.63) is 35.5 Å². The zero-order valence-corrected chi connectivity index (χ0v) is 17.7. The molecule has 1 aliphatic rings. The molecule has 6 heteroatoms. The van der Waals surface area contributed by atoms with Gasteiger partial charge < -0.3 is 19.9 Å². The number of nitrogens with one attached hydrogen (secondary N) is 2. The molecular formula is C19H29IN4O. The number of para-hydroxylation sites is 1. The van der Waals surface area contributed by atoms with E-state index in [2.05, 4.69) is 58.4 Å². The number of aromatic amines is 1. The lowest BCUT2D eigenvalue weighted by atomic mass is 10.1. The van der Waals surface area contributed by atoms with Crippen LogP contribution in [0.3, 0.4) is 0 Å². The first-order valence-corrected chi connectivity index (χ1v) is 8.74. The van der Waals surface area contributed by atoms with Crippen LogP contribution >= 0.6 is 24.0 Å². The SMILES string of the molecule is CN=C(NCCc1c(C)[nH]c2ccccc12)N(C)CC1CCOC1.I. The van der Waals surface area contributed by atoms with Crippen LogP contribution in [0.5, 0.6) is 0 Å². The summed E-state index contributed by atoms with van der Waals surface area (Å²) < 4.78 is 5.47. The van der Waals surface area contributed by atoms with E-state index in [1.807, 2.05) is 7.05 Å². The molecule has 2 aromatic rings. The van der Waals surface area contributed by atoms with Gasteiger partial charge in [-0.3, -0.25) is 4.99 Å². The van der Waals surface area contributed by atoms with Crippen molar-refractivity contribution in [2.24, 2.45) is 10.9 Å². The average molecular weight is 456 g/mol. The molecule has 1 aliphatic heterocycles. The highest BCUT2D eigenvalue weighted by atomic mass is 127. The Labute approximate surface area is 167 Å². The van der Waals surface area contributed by atoms with Crippen LogP contribution in [-0.2, 0) is 11.2 Å². The summed E-state index contributed by atoms with van der Waals surface area (Å²) in [5.74, 6) is 1.57. The molecule has 2 N–H and O–H groups in total. The second-order valence-corrected chi connectivity index (χ2v) is 6.61. The van der Waals surface area contributed by atoms with Gasteiger partial charge in [-0.2, -0.15) is 0 Å². The van der Waals surface area contributed by atoms with Gasteiger partial charge in [-0.1, -0.05) is 18.2 Å². The van der Waals surface area contributed by atoms with Crippen molar-refractivity contribution < 1.29 is 4.74 Å². The fourth-order valence-electron chi connectivity index (χ4n) is 3.54. The van der Waals surface area contributed by atoms with Gasteiger partial charge in [0.25, 0.3) is 0 Å². The standard InChI is InChI=1S/C19H28N4O.HI/c1-14-16(17-6-4-5-7-18(17)22-14)8-10-21-19(20-2)23(3)12-15-9-11-24-13-15;/h4-7,15,22H,8-13H2,1-3H3,(H,20,21);1H. The summed E-state index contributed by atoms with van der Waals surface area (Å²) in [5, 5.41) is 4.82. The lowest BCUT2D eigenvalue weighted by Crippen LogP contribution is -2.42. The Hall–Kier alpha value is -1.28. The zero-order chi connectivity index (χ0) is 16.9. The van der Waals surface area contributed by atoms with E-state index in [-0.39, 0.29) is 24.0 Å². The van der Waals surface area contributed by atoms with Gasteiger partial charge in [0.15, 0.2) is 5.96 Å². The Morgan fingerprint density at radius 1 is 1.40 bits per heavy atom. The average Bonchev–Trinajstić information content (AvgIpc) is 3.19. The number of aliphatic imine (C=N–C) groups is 1. The highest BCUT2D eigenvalue weighted by Crippen LogP contribution is 2.22. The van der Waals surface area contributed by atoms with Crippen molar-refractivity contribution in [2.45, 2.75) is 19.8 Å². The van der Waals surface area contributed by atoms with Crippen molar-refractivity contribution in [3.8, 4) is 0 Å². The van der Waals surface area contributed by atoms with Gasteiger partial charge in [-0.05, 0) is 31.4 Å². The molecule has 0 saturated carbocycles. The summed E-state index contributed by atoms with van der Waals surface area (Å²) in [6.45, 7) is 5.78. The first-order valence-electron chi connectivity index (χ1n) is 8.74. The predicted molar refractivity (Wildman–Crippen MR) is 115 cm³/mol. The molecule has 1 aromatic heterocycles. The number of aryl methyl sites for hydroxylation is 1. The zero-order valence-electron chi connectivity index (χ0n) is 15.3. The number of benzene rings is 1. The van der Waals surface area contributed by atoms with E-state index in [9.17, 15) is 0 Å². The van der Waals surface area contributed by atoms with Crippen molar-refractivity contribution >= 4 is 40.8 Å². The summed E-state index contributed by atoms with van der Waals surface area (Å²) in [6.07, 6.45) is 2.13. The van der Waals surface area contributed by atoms with Gasteiger partial charge in [0.1, 0.15) is 0 Å². The number of halogens is 1. The van der Waals surface area contributed by atoms with E-state index in [1.165, 1.54) is 22.2 Å². The van der Waals surface area contributed by atoms with Crippen LogP contribution < -0.4 is 5.32 Å². The van der Waals surface area contributed by atoms with E-state index in [0.29, 0.717) is 5.92 Å². The summed E-state index contributed by atoms with van der Waals surface area (Å²) >= 11 is 0. The largest absolute Gasteiger partial charge is 0.381 e. The molecule has 25 heavy (non-hydrogen) atoms. The molecule has 0 radical (unpaired) electrons. The van der Waals surface area contributed by atoms with Crippen LogP contribution in [0.4, 0.5) is 0 Å². The van der Waals surface area contributed by atoms with Crippen LogP contribution in [0.15, 0.2) is 29.3 Å². The molecule has 2 heterocycles. The van der Waals surface area contributed by atoms with Crippen LogP contribution in [0.1, 0.15) is 17.7 Å². The Balaban J connectivity index is 0.00000225. The number of hydrogen-bond donors (Lipinski definition) is 2. The molecular weight excluding hydrogens is 427 g/mol. The number of H-pyrrole nitrogens is 1. The summed E-state index contributed by atoms with van der Waals surface area (Å²) in [5.41, 5.74) is 3.86. The van der Waals surface area contributed by atoms with Gasteiger partial charge in [0, 0.05) is 56.3 Å². The van der Waals surface area contributed by atoms with Crippen molar-refractivity contribution in [2.75, 3.05) is 40.4 Å². The summed E-state index contributed by atoms with van der Waals surface area (Å²) in [7, 11) is 3.95. The van der Waals surface area contributed by atoms with Crippen LogP contribution in [0, 0.1) is 12.8 Å². The monoisotopic (exact) mass is 456 g/mol. The van der Waals surface area contributed by atoms with Gasteiger partial charge in [-0.25, -0.2) is 0 Å². The van der Waals surface area contributed by atoms with Crippen molar-refractivity contribution in [1.82, 2.24) is 15.2 Å². The summed E-state index contributed by atoms with van der Waals surface area (Å²) in [4.78, 5) is 10.1. The van der Waals surface area contributed by atoms with Gasteiger partial charge in [0.05, 0.1) is 6.61 Å². The number of hydrogen-bond acceptors (Lipinski definition) is 2. The molecule has 5 nitrogen and oxygen atoms in total. The molecule has 1 unspecified atom stereocenters. The van der Waals surface area contributed by atoms with E-state index >= 15 is 0 Å². The number of nitrogens with zero attached hydrogens (tertiary/aromatic N) is 2. The molecule has 0 bridgehead atoms. The first kappa shape index (κ1) is 20.0. The topological polar surface area (TPSA) is 52.7 Å². The van der Waals surface area contributed by atoms with Gasteiger partial charge >= 0.3 is 0 Å². The third-order valence-corrected chi connectivity index (χ3v) is 4.81. The van der Waals surface area contributed by atoms with E-state index < -0.39 is 0 Å². The molecule has 1 fully saturated rings. The summed E-state index contributed by atoms with van der Waals surface area (Å²) in [6, 6.07) is 8.50. The molecule has 1 aromatic carbocycles. The van der Waals surface area contributed by atoms with E-state index in [0.717, 1.165) is 45.1 Å². The van der Waals surface area contributed by atoms with Crippen molar-refractivity contribution in [1.29, 1.82) is 0 Å². The maximum atomic E-state index is 5.47. The maximum Gasteiger partial charge on any atom is 0.193 e. The smallest absolute Gasteiger partial charge is 0.193 e. The van der Waals surface area contributed by atoms with Crippen LogP contribution in [-0.4, -0.2) is 56.2 Å². The minimum Gasteiger partial charge on any atom is -0.381 e. The third kappa shape index (κ3) is 4.88. The fraction of sp³-hybridized carbons (Fsp3) is 0.526. The highest BCUT2D eigenvalue weighted by Gasteiger charge is 2.19. The second kappa shape index (κ2) is 9.43. The van der Waals surface area contributed by atoms with E-state index in [4.69, 9.17) is 4.74 Å². The molecule has 1 atom stereocenters. The number of guanidine groups is 1. The molecule has 0 amide bonds. The Morgan fingerprint density at radius 2 is 2.20 bits per heavy atom. The fourth-order valence-corrected chi connectivity index (χ4v) is 3.54. The molecule has 0 aliphatic carbocycles. The van der Waals surface area contributed by atoms with Gasteiger partial charge in [-0.15, -0.1) is 24.0 Å².